The lowest BCUT2D eigenvalue weighted by molar-refractivity contribution is -0.895. The number of benzene rings is 2. The molecule has 2 N–H and O–H groups in total. The number of amides is 2. The minimum Gasteiger partial charge on any atom is -0.331 e. The van der Waals surface area contributed by atoms with Gasteiger partial charge >= 0.3 is 0 Å². The number of hydrogen-bond donors (Lipinski definition) is 2. The van der Waals surface area contributed by atoms with Crippen molar-refractivity contribution in [1.82, 2.24) is 4.90 Å². The number of halogens is 2. The molecule has 3 rings (SSSR count). The Balaban J connectivity index is 1.40. The van der Waals surface area contributed by atoms with Crippen molar-refractivity contribution in [1.29, 1.82) is 0 Å². The highest BCUT2D eigenvalue weighted by Gasteiger charge is 2.25. The van der Waals surface area contributed by atoms with E-state index < -0.39 is 0 Å². The molecule has 0 aromatic heterocycles. The van der Waals surface area contributed by atoms with E-state index in [1.807, 2.05) is 17.0 Å². The van der Waals surface area contributed by atoms with Crippen LogP contribution in [0, 0.1) is 5.82 Å². The molecular formula is C21H24ClFN3O2+. The van der Waals surface area contributed by atoms with Gasteiger partial charge in [-0.25, -0.2) is 4.39 Å². The van der Waals surface area contributed by atoms with Crippen LogP contribution in [-0.2, 0) is 16.0 Å². The highest BCUT2D eigenvalue weighted by atomic mass is 35.5. The maximum Gasteiger partial charge on any atom is 0.279 e. The molecule has 0 bridgehead atoms. The molecule has 7 heteroatoms. The average molecular weight is 405 g/mol. The Hall–Kier alpha value is -2.44. The molecule has 5 nitrogen and oxygen atoms in total. The van der Waals surface area contributed by atoms with Crippen molar-refractivity contribution in [2.75, 3.05) is 38.0 Å². The van der Waals surface area contributed by atoms with Gasteiger partial charge in [0.05, 0.1) is 36.9 Å². The molecule has 0 radical (unpaired) electrons. The summed E-state index contributed by atoms with van der Waals surface area (Å²) in [5, 5.41) is 3.35. The van der Waals surface area contributed by atoms with Crippen molar-refractivity contribution >= 4 is 29.1 Å². The van der Waals surface area contributed by atoms with Crippen LogP contribution in [0.1, 0.15) is 12.0 Å². The third kappa shape index (κ3) is 5.78. The maximum absolute atomic E-state index is 12.9. The van der Waals surface area contributed by atoms with Crippen molar-refractivity contribution in [3.05, 3.63) is 64.9 Å². The van der Waals surface area contributed by atoms with Gasteiger partial charge in [0.25, 0.3) is 5.91 Å². The molecule has 2 amide bonds. The minimum absolute atomic E-state index is 0.0841. The number of carbonyl (C=O) groups excluding carboxylic acids is 2. The van der Waals surface area contributed by atoms with Crippen LogP contribution < -0.4 is 10.2 Å². The van der Waals surface area contributed by atoms with E-state index in [4.69, 9.17) is 11.6 Å². The van der Waals surface area contributed by atoms with Crippen molar-refractivity contribution < 1.29 is 18.9 Å². The number of para-hydroxylation sites is 1. The van der Waals surface area contributed by atoms with Crippen LogP contribution in [0.15, 0.2) is 48.5 Å². The van der Waals surface area contributed by atoms with Gasteiger partial charge in [0.1, 0.15) is 5.82 Å². The molecule has 0 atom stereocenters. The van der Waals surface area contributed by atoms with Crippen LogP contribution in [0.3, 0.4) is 0 Å². The lowest BCUT2D eigenvalue weighted by Gasteiger charge is -2.32. The molecular weight excluding hydrogens is 381 g/mol. The Morgan fingerprint density at radius 3 is 2.43 bits per heavy atom. The molecule has 0 spiro atoms. The fraction of sp³-hybridized carbons (Fsp3) is 0.333. The number of hydrogen-bond acceptors (Lipinski definition) is 2. The van der Waals surface area contributed by atoms with E-state index in [-0.39, 0.29) is 17.6 Å². The van der Waals surface area contributed by atoms with Crippen LogP contribution >= 0.6 is 11.6 Å². The van der Waals surface area contributed by atoms with E-state index in [2.05, 4.69) is 5.32 Å². The first kappa shape index (κ1) is 20.3. The second kappa shape index (κ2) is 9.66. The first-order valence-corrected chi connectivity index (χ1v) is 9.79. The number of carbonyl (C=O) groups is 2. The molecule has 1 fully saturated rings. The number of nitrogens with one attached hydrogen (secondary N) is 2. The summed E-state index contributed by atoms with van der Waals surface area (Å²) in [4.78, 5) is 27.6. The van der Waals surface area contributed by atoms with Crippen LogP contribution in [-0.4, -0.2) is 49.4 Å². The van der Waals surface area contributed by atoms with Gasteiger partial charge in [0.2, 0.25) is 5.91 Å². The smallest absolute Gasteiger partial charge is 0.279 e. The first-order chi connectivity index (χ1) is 13.5. The molecule has 2 aromatic rings. The zero-order valence-electron chi connectivity index (χ0n) is 15.6. The van der Waals surface area contributed by atoms with Crippen LogP contribution in [0.2, 0.25) is 5.02 Å². The third-order valence-electron chi connectivity index (χ3n) is 4.92. The van der Waals surface area contributed by atoms with E-state index in [9.17, 15) is 14.0 Å². The van der Waals surface area contributed by atoms with Gasteiger partial charge in [-0.1, -0.05) is 35.9 Å². The van der Waals surface area contributed by atoms with Gasteiger partial charge < -0.3 is 15.1 Å². The summed E-state index contributed by atoms with van der Waals surface area (Å²) in [6, 6.07) is 13.4. The summed E-state index contributed by atoms with van der Waals surface area (Å²) in [5.41, 5.74) is 1.57. The summed E-state index contributed by atoms with van der Waals surface area (Å²) in [6.07, 6.45) is 1.01. The fourth-order valence-corrected chi connectivity index (χ4v) is 3.48. The average Bonchev–Trinajstić information content (AvgIpc) is 2.69. The molecule has 148 valence electrons. The second-order valence-corrected chi connectivity index (χ2v) is 7.37. The molecule has 28 heavy (non-hydrogen) atoms. The number of nitrogens with zero attached hydrogens (tertiary/aromatic N) is 1. The van der Waals surface area contributed by atoms with Gasteiger partial charge in [-0.2, -0.15) is 0 Å². The Labute approximate surface area is 169 Å². The molecule has 1 heterocycles. The van der Waals surface area contributed by atoms with Crippen molar-refractivity contribution in [2.24, 2.45) is 0 Å². The zero-order valence-corrected chi connectivity index (χ0v) is 16.3. The molecule has 1 saturated heterocycles. The number of rotatable bonds is 6. The SMILES string of the molecule is O=C(C[NH+]1CCN(C(=O)CCc2ccc(F)cc2)CC1)Nc1ccccc1Cl. The molecule has 0 saturated carbocycles. The van der Waals surface area contributed by atoms with Gasteiger partial charge in [-0.05, 0) is 36.2 Å². The number of piperazine rings is 1. The van der Waals surface area contributed by atoms with Crippen molar-refractivity contribution in [3.63, 3.8) is 0 Å². The normalized spacial score (nSPS) is 14.7. The summed E-state index contributed by atoms with van der Waals surface area (Å²) >= 11 is 6.06. The summed E-state index contributed by atoms with van der Waals surface area (Å²) in [6.45, 7) is 3.09. The van der Waals surface area contributed by atoms with Gasteiger partial charge in [0, 0.05) is 6.42 Å². The predicted molar refractivity (Wildman–Crippen MR) is 107 cm³/mol. The van der Waals surface area contributed by atoms with Gasteiger partial charge in [-0.3, -0.25) is 9.59 Å². The van der Waals surface area contributed by atoms with Crippen molar-refractivity contribution in [3.8, 4) is 0 Å². The summed E-state index contributed by atoms with van der Waals surface area (Å²) in [5.74, 6) is -0.254. The Morgan fingerprint density at radius 2 is 1.75 bits per heavy atom. The zero-order chi connectivity index (χ0) is 19.9. The van der Waals surface area contributed by atoms with Crippen LogP contribution in [0.25, 0.3) is 0 Å². The molecule has 0 unspecified atom stereocenters. The standard InChI is InChI=1S/C21H23ClFN3O2/c22-18-3-1-2-4-19(18)24-20(27)15-25-11-13-26(14-12-25)21(28)10-7-16-5-8-17(23)9-6-16/h1-6,8-9H,7,10-15H2,(H,24,27)/p+1. The van der Waals surface area contributed by atoms with Crippen molar-refractivity contribution in [2.45, 2.75) is 12.8 Å². The Bertz CT molecular complexity index is 821. The molecule has 1 aliphatic heterocycles. The van der Waals surface area contributed by atoms with E-state index in [0.29, 0.717) is 43.2 Å². The monoisotopic (exact) mass is 404 g/mol. The van der Waals surface area contributed by atoms with E-state index in [1.165, 1.54) is 12.1 Å². The quantitative estimate of drug-likeness (QED) is 0.771. The van der Waals surface area contributed by atoms with E-state index in [1.54, 1.807) is 24.3 Å². The van der Waals surface area contributed by atoms with Gasteiger partial charge in [-0.15, -0.1) is 0 Å². The molecule has 0 aliphatic carbocycles. The summed E-state index contributed by atoms with van der Waals surface area (Å²) in [7, 11) is 0. The van der Waals surface area contributed by atoms with Gasteiger partial charge in [0.15, 0.2) is 6.54 Å². The molecule has 1 aliphatic rings. The van der Waals surface area contributed by atoms with E-state index >= 15 is 0 Å². The molecule has 2 aromatic carbocycles. The lowest BCUT2D eigenvalue weighted by atomic mass is 10.1. The lowest BCUT2D eigenvalue weighted by Crippen LogP contribution is -3.15. The Morgan fingerprint density at radius 1 is 1.07 bits per heavy atom. The maximum atomic E-state index is 12.9. The largest absolute Gasteiger partial charge is 0.331 e. The van der Waals surface area contributed by atoms with E-state index in [0.717, 1.165) is 23.6 Å². The third-order valence-corrected chi connectivity index (χ3v) is 5.25. The van der Waals surface area contributed by atoms with Crippen LogP contribution in [0.4, 0.5) is 10.1 Å². The van der Waals surface area contributed by atoms with Crippen LogP contribution in [0.5, 0.6) is 0 Å². The fourth-order valence-electron chi connectivity index (χ4n) is 3.29. The summed E-state index contributed by atoms with van der Waals surface area (Å²) < 4.78 is 12.9. The Kier molecular flexibility index (Phi) is 7.01. The topological polar surface area (TPSA) is 53.9 Å². The number of quaternary nitrogens is 1. The number of anilines is 1. The minimum atomic E-state index is -0.271. The second-order valence-electron chi connectivity index (χ2n) is 6.96. The predicted octanol–water partition coefficient (Wildman–Crippen LogP) is 1.78. The highest BCUT2D eigenvalue weighted by molar-refractivity contribution is 6.33. The number of aryl methyl sites for hydroxylation is 1. The first-order valence-electron chi connectivity index (χ1n) is 9.41. The highest BCUT2D eigenvalue weighted by Crippen LogP contribution is 2.19.